The lowest BCUT2D eigenvalue weighted by atomic mass is 9.89. The van der Waals surface area contributed by atoms with Gasteiger partial charge >= 0.3 is 0 Å². The predicted octanol–water partition coefficient (Wildman–Crippen LogP) is 10.1. The molecule has 0 heterocycles. The molecule has 0 amide bonds. The van der Waals surface area contributed by atoms with Crippen LogP contribution in [0.1, 0.15) is 0 Å². The summed E-state index contributed by atoms with van der Waals surface area (Å²) in [5.41, 5.74) is 10.9. The summed E-state index contributed by atoms with van der Waals surface area (Å²) < 4.78 is 0. The van der Waals surface area contributed by atoms with Gasteiger partial charge in [0.15, 0.2) is 0 Å². The van der Waals surface area contributed by atoms with Gasteiger partial charge < -0.3 is 4.90 Å². The highest BCUT2D eigenvalue weighted by atomic mass is 15.1. The van der Waals surface area contributed by atoms with Crippen molar-refractivity contribution in [3.05, 3.63) is 170 Å². The average molecular weight is 533 g/mol. The monoisotopic (exact) mass is 533 g/mol. The largest absolute Gasteiger partial charge is 0.309 e. The van der Waals surface area contributed by atoms with Gasteiger partial charge in [0.05, 0.1) is 17.1 Å². The molecule has 0 fully saturated rings. The van der Waals surface area contributed by atoms with Gasteiger partial charge in [-0.1, -0.05) is 157 Å². The lowest BCUT2D eigenvalue weighted by Gasteiger charge is -2.32. The van der Waals surface area contributed by atoms with E-state index in [4.69, 9.17) is 7.85 Å². The molecule has 2 heteroatoms. The van der Waals surface area contributed by atoms with Crippen molar-refractivity contribution in [2.75, 3.05) is 4.90 Å². The molecule has 2 radical (unpaired) electrons. The van der Waals surface area contributed by atoms with Crippen molar-refractivity contribution >= 4 is 41.1 Å². The first-order valence-corrected chi connectivity index (χ1v) is 14.2. The van der Waals surface area contributed by atoms with Crippen LogP contribution in [0.2, 0.25) is 0 Å². The Morgan fingerprint density at radius 1 is 0.381 bits per heavy atom. The molecular formula is C40H28BN. The van der Waals surface area contributed by atoms with Gasteiger partial charge in [0.2, 0.25) is 0 Å². The van der Waals surface area contributed by atoms with E-state index in [1.807, 2.05) is 6.07 Å². The topological polar surface area (TPSA) is 3.24 Å². The maximum absolute atomic E-state index is 6.44. The molecule has 0 aromatic heterocycles. The summed E-state index contributed by atoms with van der Waals surface area (Å²) >= 11 is 0. The normalized spacial score (nSPS) is 11.0. The van der Waals surface area contributed by atoms with E-state index in [1.54, 1.807) is 0 Å². The molecule has 7 aromatic rings. The maximum Gasteiger partial charge on any atom is 0.113 e. The van der Waals surface area contributed by atoms with Crippen LogP contribution >= 0.6 is 0 Å². The standard InChI is InChI=1S/C40H28BN/c41-33-25-27-38(36(28-33)30-16-6-2-7-17-30)42(37-23-13-12-21-34(37)29-14-4-1-5-15-29)39-26-24-31-18-10-11-22-35(31)40(39)32-19-8-3-9-20-32/h1-28H. The van der Waals surface area contributed by atoms with E-state index in [0.717, 1.165) is 44.8 Å². The molecule has 0 aliphatic carbocycles. The predicted molar refractivity (Wildman–Crippen MR) is 180 cm³/mol. The van der Waals surface area contributed by atoms with Crippen molar-refractivity contribution in [2.45, 2.75) is 0 Å². The molecule has 196 valence electrons. The second-order valence-corrected chi connectivity index (χ2v) is 10.4. The molecule has 0 aliphatic heterocycles. The van der Waals surface area contributed by atoms with E-state index in [0.29, 0.717) is 0 Å². The molecule has 0 spiro atoms. The van der Waals surface area contributed by atoms with Crippen LogP contribution in [0.5, 0.6) is 0 Å². The van der Waals surface area contributed by atoms with Crippen LogP contribution in [-0.2, 0) is 0 Å². The van der Waals surface area contributed by atoms with Gasteiger partial charge in [0.25, 0.3) is 0 Å². The number of para-hydroxylation sites is 1. The fraction of sp³-hybridized carbons (Fsp3) is 0. The van der Waals surface area contributed by atoms with Gasteiger partial charge in [0, 0.05) is 16.7 Å². The van der Waals surface area contributed by atoms with Gasteiger partial charge in [-0.2, -0.15) is 0 Å². The molecule has 7 aromatic carbocycles. The molecular weight excluding hydrogens is 505 g/mol. The van der Waals surface area contributed by atoms with Crippen LogP contribution in [0.15, 0.2) is 170 Å². The van der Waals surface area contributed by atoms with Crippen LogP contribution in [0, 0.1) is 0 Å². The highest BCUT2D eigenvalue weighted by Gasteiger charge is 2.24. The molecule has 0 bridgehead atoms. The van der Waals surface area contributed by atoms with E-state index in [9.17, 15) is 0 Å². The molecule has 0 aliphatic rings. The minimum atomic E-state index is 0.732. The first kappa shape index (κ1) is 25.6. The fourth-order valence-corrected chi connectivity index (χ4v) is 5.87. The number of hydrogen-bond acceptors (Lipinski definition) is 1. The Kier molecular flexibility index (Phi) is 6.88. The molecule has 0 saturated carbocycles. The zero-order chi connectivity index (χ0) is 28.3. The minimum Gasteiger partial charge on any atom is -0.309 e. The Balaban J connectivity index is 1.60. The second kappa shape index (κ2) is 11.3. The smallest absolute Gasteiger partial charge is 0.113 e. The van der Waals surface area contributed by atoms with Crippen LogP contribution < -0.4 is 10.4 Å². The summed E-state index contributed by atoms with van der Waals surface area (Å²) in [7, 11) is 6.44. The molecule has 42 heavy (non-hydrogen) atoms. The summed E-state index contributed by atoms with van der Waals surface area (Å²) in [5, 5.41) is 2.41. The molecule has 7 rings (SSSR count). The van der Waals surface area contributed by atoms with Gasteiger partial charge in [-0.3, -0.25) is 0 Å². The van der Waals surface area contributed by atoms with Crippen molar-refractivity contribution in [3.63, 3.8) is 0 Å². The van der Waals surface area contributed by atoms with Gasteiger partial charge in [-0.25, -0.2) is 0 Å². The van der Waals surface area contributed by atoms with Crippen molar-refractivity contribution in [1.29, 1.82) is 0 Å². The highest BCUT2D eigenvalue weighted by molar-refractivity contribution is 6.33. The van der Waals surface area contributed by atoms with Gasteiger partial charge in [-0.15, -0.1) is 0 Å². The average Bonchev–Trinajstić information content (AvgIpc) is 3.07. The number of rotatable bonds is 6. The minimum absolute atomic E-state index is 0.732. The van der Waals surface area contributed by atoms with Gasteiger partial charge in [0.1, 0.15) is 7.85 Å². The zero-order valence-corrected chi connectivity index (χ0v) is 23.2. The zero-order valence-electron chi connectivity index (χ0n) is 23.2. The number of anilines is 3. The molecule has 1 nitrogen and oxygen atoms in total. The summed E-state index contributed by atoms with van der Waals surface area (Å²) in [6, 6.07) is 59.9. The van der Waals surface area contributed by atoms with E-state index in [-0.39, 0.29) is 0 Å². The summed E-state index contributed by atoms with van der Waals surface area (Å²) in [5.74, 6) is 0. The SMILES string of the molecule is [B]c1ccc(N(c2ccccc2-c2ccccc2)c2ccc3ccccc3c2-c2ccccc2)c(-c2ccccc2)c1. The maximum atomic E-state index is 6.44. The Hall–Kier alpha value is -5.34. The second-order valence-electron chi connectivity index (χ2n) is 10.4. The van der Waals surface area contributed by atoms with Gasteiger partial charge in [-0.05, 0) is 45.7 Å². The molecule has 0 unspecified atom stereocenters. The summed E-state index contributed by atoms with van der Waals surface area (Å²) in [6.45, 7) is 0. The highest BCUT2D eigenvalue weighted by Crippen LogP contribution is 2.49. The van der Waals surface area contributed by atoms with Crippen molar-refractivity contribution in [2.24, 2.45) is 0 Å². The molecule has 0 atom stereocenters. The molecule has 0 N–H and O–H groups in total. The van der Waals surface area contributed by atoms with Crippen molar-refractivity contribution in [3.8, 4) is 33.4 Å². The molecule has 0 saturated heterocycles. The lowest BCUT2D eigenvalue weighted by molar-refractivity contribution is 1.29. The van der Waals surface area contributed by atoms with E-state index in [1.165, 1.54) is 21.9 Å². The first-order valence-electron chi connectivity index (χ1n) is 14.2. The van der Waals surface area contributed by atoms with Crippen molar-refractivity contribution < 1.29 is 0 Å². The van der Waals surface area contributed by atoms with E-state index in [2.05, 4.69) is 169 Å². The van der Waals surface area contributed by atoms with E-state index < -0.39 is 0 Å². The quantitative estimate of drug-likeness (QED) is 0.192. The third-order valence-corrected chi connectivity index (χ3v) is 7.79. The number of hydrogen-bond donors (Lipinski definition) is 0. The third kappa shape index (κ3) is 4.78. The summed E-state index contributed by atoms with van der Waals surface area (Å²) in [4.78, 5) is 2.42. The Morgan fingerprint density at radius 2 is 0.905 bits per heavy atom. The Bertz CT molecular complexity index is 1980. The van der Waals surface area contributed by atoms with Crippen LogP contribution in [0.4, 0.5) is 17.1 Å². The number of fused-ring (bicyclic) bond motifs is 1. The van der Waals surface area contributed by atoms with E-state index >= 15 is 0 Å². The third-order valence-electron chi connectivity index (χ3n) is 7.79. The fourth-order valence-electron chi connectivity index (χ4n) is 5.87. The summed E-state index contributed by atoms with van der Waals surface area (Å²) in [6.07, 6.45) is 0. The first-order chi connectivity index (χ1) is 20.8. The van der Waals surface area contributed by atoms with Crippen LogP contribution in [0.3, 0.4) is 0 Å². The lowest BCUT2D eigenvalue weighted by Crippen LogP contribution is -2.15. The van der Waals surface area contributed by atoms with Crippen LogP contribution in [0.25, 0.3) is 44.2 Å². The Morgan fingerprint density at radius 3 is 1.62 bits per heavy atom. The van der Waals surface area contributed by atoms with Crippen LogP contribution in [-0.4, -0.2) is 7.85 Å². The number of benzene rings is 7. The van der Waals surface area contributed by atoms with Crippen molar-refractivity contribution in [1.82, 2.24) is 0 Å². The number of nitrogens with zero attached hydrogens (tertiary/aromatic N) is 1. The Labute approximate surface area is 248 Å².